The highest BCUT2D eigenvalue weighted by Gasteiger charge is 2.16. The Balaban J connectivity index is 1.89. The van der Waals surface area contributed by atoms with Gasteiger partial charge in [-0.3, -0.25) is 19.4 Å². The summed E-state index contributed by atoms with van der Waals surface area (Å²) in [4.78, 5) is 52.7. The Morgan fingerprint density at radius 2 is 2.00 bits per heavy atom. The van der Waals surface area contributed by atoms with Gasteiger partial charge in [-0.1, -0.05) is 5.16 Å². The van der Waals surface area contributed by atoms with Crippen LogP contribution < -0.4 is 16.6 Å². The van der Waals surface area contributed by atoms with Crippen molar-refractivity contribution >= 4 is 17.6 Å². The molecule has 134 valence electrons. The standard InChI is InChI=1S/C15H19N5O5/c1-8-6-11(19-25-8)17-12(21)7-20(3)13(22)5-4-10-9(2)16-15(24)18-14(10)23/h6H,4-5,7H2,1-3H3,(H,17,19,21)(H2,16,18,23,24). The molecular formula is C15H19N5O5. The molecule has 2 aromatic rings. The van der Waals surface area contributed by atoms with Crippen molar-refractivity contribution in [2.24, 2.45) is 0 Å². The van der Waals surface area contributed by atoms with Crippen molar-refractivity contribution in [1.29, 1.82) is 0 Å². The van der Waals surface area contributed by atoms with Gasteiger partial charge in [0.2, 0.25) is 11.8 Å². The average molecular weight is 349 g/mol. The van der Waals surface area contributed by atoms with Crippen molar-refractivity contribution in [3.8, 4) is 0 Å². The Kier molecular flexibility index (Phi) is 5.52. The molecular weight excluding hydrogens is 330 g/mol. The largest absolute Gasteiger partial charge is 0.360 e. The molecule has 0 fully saturated rings. The van der Waals surface area contributed by atoms with Crippen molar-refractivity contribution in [3.63, 3.8) is 0 Å². The summed E-state index contributed by atoms with van der Waals surface area (Å²) in [6.45, 7) is 3.12. The minimum absolute atomic E-state index is 0.0306. The van der Waals surface area contributed by atoms with E-state index >= 15 is 0 Å². The molecule has 0 aliphatic carbocycles. The molecule has 0 aliphatic heterocycles. The van der Waals surface area contributed by atoms with E-state index in [-0.39, 0.29) is 31.1 Å². The molecule has 0 atom stereocenters. The molecule has 2 aromatic heterocycles. The second kappa shape index (κ2) is 7.60. The van der Waals surface area contributed by atoms with Crippen LogP contribution in [-0.2, 0) is 16.0 Å². The third-order valence-electron chi connectivity index (χ3n) is 3.55. The maximum Gasteiger partial charge on any atom is 0.325 e. The quantitative estimate of drug-likeness (QED) is 0.654. The number of aromatic nitrogens is 3. The molecule has 0 bridgehead atoms. The number of H-pyrrole nitrogens is 2. The van der Waals surface area contributed by atoms with Crippen molar-refractivity contribution in [1.82, 2.24) is 20.0 Å². The van der Waals surface area contributed by atoms with Crippen LogP contribution >= 0.6 is 0 Å². The van der Waals surface area contributed by atoms with Crippen LogP contribution in [-0.4, -0.2) is 45.4 Å². The van der Waals surface area contributed by atoms with Crippen molar-refractivity contribution in [2.45, 2.75) is 26.7 Å². The Morgan fingerprint density at radius 1 is 1.28 bits per heavy atom. The van der Waals surface area contributed by atoms with Gasteiger partial charge in [-0.25, -0.2) is 4.79 Å². The number of carbonyl (C=O) groups excluding carboxylic acids is 2. The monoisotopic (exact) mass is 349 g/mol. The fraction of sp³-hybridized carbons (Fsp3) is 0.400. The van der Waals surface area contributed by atoms with Crippen LogP contribution in [0.3, 0.4) is 0 Å². The Morgan fingerprint density at radius 3 is 2.60 bits per heavy atom. The van der Waals surface area contributed by atoms with E-state index in [1.165, 1.54) is 11.9 Å². The lowest BCUT2D eigenvalue weighted by Gasteiger charge is -2.16. The first-order chi connectivity index (χ1) is 11.8. The van der Waals surface area contributed by atoms with Crippen LogP contribution in [0.2, 0.25) is 0 Å². The molecule has 0 aromatic carbocycles. The number of carbonyl (C=O) groups is 2. The van der Waals surface area contributed by atoms with Gasteiger partial charge in [0, 0.05) is 30.8 Å². The number of nitrogens with one attached hydrogen (secondary N) is 3. The number of rotatable bonds is 6. The van der Waals surface area contributed by atoms with Gasteiger partial charge in [0.15, 0.2) is 5.82 Å². The van der Waals surface area contributed by atoms with Crippen molar-refractivity contribution in [3.05, 3.63) is 43.9 Å². The van der Waals surface area contributed by atoms with E-state index in [0.717, 1.165) is 0 Å². The van der Waals surface area contributed by atoms with E-state index in [0.29, 0.717) is 17.0 Å². The maximum absolute atomic E-state index is 12.1. The highest BCUT2D eigenvalue weighted by molar-refractivity contribution is 5.93. The highest BCUT2D eigenvalue weighted by Crippen LogP contribution is 2.07. The lowest BCUT2D eigenvalue weighted by Crippen LogP contribution is -2.35. The molecule has 10 nitrogen and oxygen atoms in total. The SMILES string of the molecule is Cc1cc(NC(=O)CN(C)C(=O)CCc2c(C)[nH]c(=O)[nH]c2=O)no1. The van der Waals surface area contributed by atoms with Gasteiger partial charge in [0.25, 0.3) is 5.56 Å². The van der Waals surface area contributed by atoms with E-state index in [1.54, 1.807) is 19.9 Å². The number of amides is 2. The van der Waals surface area contributed by atoms with E-state index in [1.807, 2.05) is 0 Å². The first kappa shape index (κ1) is 18.2. The summed E-state index contributed by atoms with van der Waals surface area (Å²) in [7, 11) is 1.49. The van der Waals surface area contributed by atoms with Crippen LogP contribution in [0.4, 0.5) is 5.82 Å². The normalized spacial score (nSPS) is 10.5. The topological polar surface area (TPSA) is 141 Å². The first-order valence-electron chi connectivity index (χ1n) is 7.55. The maximum atomic E-state index is 12.1. The smallest absolute Gasteiger partial charge is 0.325 e. The molecule has 0 saturated heterocycles. The molecule has 2 heterocycles. The first-order valence-corrected chi connectivity index (χ1v) is 7.55. The van der Waals surface area contributed by atoms with E-state index in [9.17, 15) is 19.2 Å². The zero-order chi connectivity index (χ0) is 18.6. The number of hydrogen-bond donors (Lipinski definition) is 3. The minimum atomic E-state index is -0.588. The Hall–Kier alpha value is -3.17. The minimum Gasteiger partial charge on any atom is -0.360 e. The molecule has 25 heavy (non-hydrogen) atoms. The van der Waals surface area contributed by atoms with Crippen LogP contribution in [0.25, 0.3) is 0 Å². The summed E-state index contributed by atoms with van der Waals surface area (Å²) < 4.78 is 4.83. The Labute approximate surface area is 142 Å². The summed E-state index contributed by atoms with van der Waals surface area (Å²) in [6, 6.07) is 1.56. The van der Waals surface area contributed by atoms with Crippen molar-refractivity contribution in [2.75, 3.05) is 18.9 Å². The predicted octanol–water partition coefficient (Wildman–Crippen LogP) is -0.302. The number of aromatic amines is 2. The molecule has 0 saturated carbocycles. The molecule has 0 aliphatic rings. The molecule has 2 rings (SSSR count). The third kappa shape index (κ3) is 4.90. The van der Waals surface area contributed by atoms with Crippen molar-refractivity contribution < 1.29 is 14.1 Å². The third-order valence-corrected chi connectivity index (χ3v) is 3.55. The van der Waals surface area contributed by atoms with Crippen LogP contribution in [0.5, 0.6) is 0 Å². The molecule has 10 heteroatoms. The van der Waals surface area contributed by atoms with E-state index in [4.69, 9.17) is 4.52 Å². The van der Waals surface area contributed by atoms with Gasteiger partial charge in [-0.15, -0.1) is 0 Å². The van der Waals surface area contributed by atoms with Crippen LogP contribution in [0.1, 0.15) is 23.4 Å². The summed E-state index contributed by atoms with van der Waals surface area (Å²) in [5.74, 6) is 0.110. The summed E-state index contributed by atoms with van der Waals surface area (Å²) in [6.07, 6.45) is 0.189. The van der Waals surface area contributed by atoms with Gasteiger partial charge in [0.1, 0.15) is 5.76 Å². The fourth-order valence-electron chi connectivity index (χ4n) is 2.26. The average Bonchev–Trinajstić information content (AvgIpc) is 2.90. The highest BCUT2D eigenvalue weighted by atomic mass is 16.5. The summed E-state index contributed by atoms with van der Waals surface area (Å²) >= 11 is 0. The lowest BCUT2D eigenvalue weighted by molar-refractivity contribution is -0.133. The van der Waals surface area contributed by atoms with Crippen LogP contribution in [0, 0.1) is 13.8 Å². The van der Waals surface area contributed by atoms with Gasteiger partial charge in [-0.05, 0) is 20.3 Å². The van der Waals surface area contributed by atoms with E-state index in [2.05, 4.69) is 20.4 Å². The zero-order valence-corrected chi connectivity index (χ0v) is 14.1. The second-order valence-electron chi connectivity index (χ2n) is 5.63. The van der Waals surface area contributed by atoms with Gasteiger partial charge in [-0.2, -0.15) is 0 Å². The molecule has 0 radical (unpaired) electrons. The van der Waals surface area contributed by atoms with Crippen LogP contribution in [0.15, 0.2) is 20.2 Å². The number of anilines is 1. The lowest BCUT2D eigenvalue weighted by atomic mass is 10.1. The van der Waals surface area contributed by atoms with E-state index < -0.39 is 17.2 Å². The molecule has 3 N–H and O–H groups in total. The molecule has 2 amide bonds. The van der Waals surface area contributed by atoms with Gasteiger partial charge in [0.05, 0.1) is 6.54 Å². The number of aryl methyl sites for hydroxylation is 2. The molecule has 0 unspecified atom stereocenters. The summed E-state index contributed by atoms with van der Waals surface area (Å²) in [5, 5.41) is 6.15. The number of likely N-dealkylation sites (N-methyl/N-ethyl adjacent to an activating group) is 1. The van der Waals surface area contributed by atoms with Gasteiger partial charge < -0.3 is 19.7 Å². The Bertz CT molecular complexity index is 894. The fourth-order valence-corrected chi connectivity index (χ4v) is 2.26. The summed E-state index contributed by atoms with van der Waals surface area (Å²) in [5.41, 5.74) is -0.350. The number of nitrogens with zero attached hydrogens (tertiary/aromatic N) is 2. The number of hydrogen-bond acceptors (Lipinski definition) is 6. The predicted molar refractivity (Wildman–Crippen MR) is 88.2 cm³/mol. The molecule has 0 spiro atoms. The zero-order valence-electron chi connectivity index (χ0n) is 14.1. The van der Waals surface area contributed by atoms with Gasteiger partial charge >= 0.3 is 5.69 Å². The second-order valence-corrected chi connectivity index (χ2v) is 5.63.